The van der Waals surface area contributed by atoms with Crippen LogP contribution >= 0.6 is 0 Å². The zero-order valence-corrected chi connectivity index (χ0v) is 20.9. The van der Waals surface area contributed by atoms with Gasteiger partial charge in [-0.25, -0.2) is 4.79 Å². The lowest BCUT2D eigenvalue weighted by Crippen LogP contribution is -2.58. The minimum absolute atomic E-state index is 0.0800. The van der Waals surface area contributed by atoms with Crippen molar-refractivity contribution >= 4 is 16.7 Å². The monoisotopic (exact) mass is 542 g/mol. The molecule has 12 nitrogen and oxygen atoms in total. The number of cyclic esters (lactones) is 1. The van der Waals surface area contributed by atoms with Crippen LogP contribution in [0.25, 0.3) is 21.9 Å². The van der Waals surface area contributed by atoms with Gasteiger partial charge in [-0.2, -0.15) is 0 Å². The minimum atomic E-state index is -1.72. The molecule has 3 heterocycles. The molecule has 3 aliphatic rings. The highest BCUT2D eigenvalue weighted by Crippen LogP contribution is 2.49. The highest BCUT2D eigenvalue weighted by Gasteiger charge is 2.43. The second kappa shape index (κ2) is 9.74. The highest BCUT2D eigenvalue weighted by molar-refractivity contribution is 6.14. The zero-order chi connectivity index (χ0) is 27.4. The van der Waals surface area contributed by atoms with Crippen LogP contribution in [-0.4, -0.2) is 84.7 Å². The van der Waals surface area contributed by atoms with Crippen molar-refractivity contribution in [1.82, 2.24) is 0 Å². The van der Waals surface area contributed by atoms with Crippen molar-refractivity contribution < 1.29 is 58.4 Å². The van der Waals surface area contributed by atoms with Crippen molar-refractivity contribution in [1.29, 1.82) is 0 Å². The fraction of sp³-hybridized carbons (Fsp3) is 0.370. The number of hydrogen-bond acceptors (Lipinski definition) is 12. The third-order valence-electron chi connectivity index (χ3n) is 7.16. The Morgan fingerprint density at radius 1 is 0.846 bits per heavy atom. The van der Waals surface area contributed by atoms with E-state index in [-0.39, 0.29) is 31.3 Å². The van der Waals surface area contributed by atoms with E-state index in [1.165, 1.54) is 14.2 Å². The Balaban J connectivity index is 1.52. The van der Waals surface area contributed by atoms with Gasteiger partial charge in [0.1, 0.15) is 43.4 Å². The Morgan fingerprint density at radius 2 is 1.56 bits per heavy atom. The van der Waals surface area contributed by atoms with Crippen molar-refractivity contribution in [3.05, 3.63) is 41.5 Å². The Hall–Kier alpha value is -3.81. The maximum absolute atomic E-state index is 13.1. The molecule has 0 saturated carbocycles. The van der Waals surface area contributed by atoms with Crippen molar-refractivity contribution in [2.75, 3.05) is 27.6 Å². The van der Waals surface area contributed by atoms with Crippen LogP contribution in [0.1, 0.15) is 15.9 Å². The summed E-state index contributed by atoms with van der Waals surface area (Å²) in [5.41, 5.74) is 1.98. The number of aliphatic hydroxyl groups excluding tert-OH is 4. The molecule has 12 heteroatoms. The van der Waals surface area contributed by atoms with E-state index in [1.54, 1.807) is 24.3 Å². The molecule has 1 saturated heterocycles. The Bertz CT molecular complexity index is 1450. The van der Waals surface area contributed by atoms with E-state index in [9.17, 15) is 25.2 Å². The molecule has 3 aromatic carbocycles. The first-order valence-electron chi connectivity index (χ1n) is 12.1. The van der Waals surface area contributed by atoms with E-state index in [2.05, 4.69) is 0 Å². The molecule has 3 aliphatic heterocycles. The van der Waals surface area contributed by atoms with Crippen molar-refractivity contribution in [3.8, 4) is 39.9 Å². The molecule has 0 amide bonds. The van der Waals surface area contributed by atoms with Crippen LogP contribution in [0.4, 0.5) is 0 Å². The van der Waals surface area contributed by atoms with Crippen LogP contribution in [0.3, 0.4) is 0 Å². The van der Waals surface area contributed by atoms with Crippen LogP contribution in [0.2, 0.25) is 0 Å². The fourth-order valence-electron chi connectivity index (χ4n) is 5.16. The van der Waals surface area contributed by atoms with Gasteiger partial charge in [0.25, 0.3) is 0 Å². The van der Waals surface area contributed by atoms with Crippen LogP contribution in [0.15, 0.2) is 30.3 Å². The first-order chi connectivity index (χ1) is 18.8. The molecular formula is C27H26O12. The molecule has 39 heavy (non-hydrogen) atoms. The molecule has 0 bridgehead atoms. The molecule has 0 aliphatic carbocycles. The van der Waals surface area contributed by atoms with Crippen molar-refractivity contribution in [2.24, 2.45) is 0 Å². The van der Waals surface area contributed by atoms with Crippen LogP contribution < -0.4 is 23.7 Å². The van der Waals surface area contributed by atoms with E-state index in [1.807, 2.05) is 6.07 Å². The van der Waals surface area contributed by atoms with Gasteiger partial charge in [-0.15, -0.1) is 0 Å². The summed E-state index contributed by atoms with van der Waals surface area (Å²) in [6.07, 6.45) is -7.77. The second-order valence-corrected chi connectivity index (χ2v) is 9.30. The largest absolute Gasteiger partial charge is 0.493 e. The Morgan fingerprint density at radius 3 is 2.31 bits per heavy atom. The highest BCUT2D eigenvalue weighted by atomic mass is 16.7. The molecular weight excluding hydrogens is 516 g/mol. The topological polar surface area (TPSA) is 163 Å². The maximum Gasteiger partial charge on any atom is 0.339 e. The minimum Gasteiger partial charge on any atom is -0.493 e. The molecule has 5 atom stereocenters. The summed E-state index contributed by atoms with van der Waals surface area (Å²) in [7, 11) is 2.99. The van der Waals surface area contributed by atoms with Gasteiger partial charge < -0.3 is 53.6 Å². The Kier molecular flexibility index (Phi) is 6.36. The van der Waals surface area contributed by atoms with E-state index in [0.29, 0.717) is 50.5 Å². The normalized spacial score (nSPS) is 25.4. The summed E-state index contributed by atoms with van der Waals surface area (Å²) in [5, 5.41) is 41.4. The lowest BCUT2D eigenvalue weighted by molar-refractivity contribution is -0.285. The predicted octanol–water partition coefficient (Wildman–Crippen LogP) is 1.10. The standard InChI is InChI=1S/C27H26O12/c1-33-16-6-12-13(7-17(16)34-2)25(35-9-19-22(28)23(29)24(30)27(32)39-19)14-8-36-26(31)21(14)20(12)11-3-4-15-18(5-11)38-10-37-15/h3-7,19,22-24,27-30,32H,8-10H2,1-2H3. The number of methoxy groups -OCH3 is 2. The first kappa shape index (κ1) is 25.5. The van der Waals surface area contributed by atoms with Gasteiger partial charge >= 0.3 is 5.97 Å². The number of fused-ring (bicyclic) bond motifs is 3. The molecule has 4 N–H and O–H groups in total. The number of carbonyl (C=O) groups is 1. The van der Waals surface area contributed by atoms with Crippen molar-refractivity contribution in [2.45, 2.75) is 37.3 Å². The summed E-state index contributed by atoms with van der Waals surface area (Å²) >= 11 is 0. The van der Waals surface area contributed by atoms with Crippen LogP contribution in [0.5, 0.6) is 28.7 Å². The van der Waals surface area contributed by atoms with Gasteiger partial charge in [-0.05, 0) is 35.2 Å². The number of rotatable bonds is 6. The molecule has 0 aromatic heterocycles. The van der Waals surface area contributed by atoms with Gasteiger partial charge in [-0.1, -0.05) is 6.07 Å². The van der Waals surface area contributed by atoms with Gasteiger partial charge in [0.15, 0.2) is 29.3 Å². The second-order valence-electron chi connectivity index (χ2n) is 9.30. The molecule has 0 spiro atoms. The fourth-order valence-corrected chi connectivity index (χ4v) is 5.16. The molecule has 5 unspecified atom stereocenters. The molecule has 3 aromatic rings. The smallest absolute Gasteiger partial charge is 0.339 e. The number of hydrogen-bond donors (Lipinski definition) is 4. The number of benzene rings is 3. The quantitative estimate of drug-likeness (QED) is 0.329. The number of esters is 1. The summed E-state index contributed by atoms with van der Waals surface area (Å²) < 4.78 is 38.9. The van der Waals surface area contributed by atoms with E-state index in [0.717, 1.165) is 0 Å². The number of aliphatic hydroxyl groups is 4. The van der Waals surface area contributed by atoms with Gasteiger partial charge in [0.05, 0.1) is 19.8 Å². The molecule has 206 valence electrons. The molecule has 0 radical (unpaired) electrons. The average Bonchev–Trinajstić information content (AvgIpc) is 3.57. The van der Waals surface area contributed by atoms with Gasteiger partial charge in [-0.3, -0.25) is 0 Å². The van der Waals surface area contributed by atoms with Gasteiger partial charge in [0, 0.05) is 16.5 Å². The maximum atomic E-state index is 13.1. The molecule has 6 rings (SSSR count). The zero-order valence-electron chi connectivity index (χ0n) is 20.9. The third kappa shape index (κ3) is 4.08. The van der Waals surface area contributed by atoms with Crippen molar-refractivity contribution in [3.63, 3.8) is 0 Å². The SMILES string of the molecule is COc1cc2c(OCC3OC(O)C(O)C(O)C3O)c3c(c(-c4ccc5c(c4)OCO5)c2cc1OC)C(=O)OC3. The summed E-state index contributed by atoms with van der Waals surface area (Å²) in [6, 6.07) is 8.78. The first-order valence-corrected chi connectivity index (χ1v) is 12.1. The van der Waals surface area contributed by atoms with Crippen LogP contribution in [-0.2, 0) is 16.1 Å². The Labute approximate surface area is 221 Å². The lowest BCUT2D eigenvalue weighted by atomic mass is 9.89. The average molecular weight is 542 g/mol. The van der Waals surface area contributed by atoms with E-state index in [4.69, 9.17) is 33.2 Å². The third-order valence-corrected chi connectivity index (χ3v) is 7.16. The number of ether oxygens (including phenoxy) is 7. The van der Waals surface area contributed by atoms with E-state index < -0.39 is 36.7 Å². The number of carbonyl (C=O) groups excluding carboxylic acids is 1. The van der Waals surface area contributed by atoms with Crippen LogP contribution in [0, 0.1) is 0 Å². The molecule has 1 fully saturated rings. The summed E-state index contributed by atoms with van der Waals surface area (Å²) in [4.78, 5) is 13.1. The lowest BCUT2D eigenvalue weighted by Gasteiger charge is -2.38. The predicted molar refractivity (Wildman–Crippen MR) is 132 cm³/mol. The summed E-state index contributed by atoms with van der Waals surface area (Å²) in [5.74, 6) is 1.64. The summed E-state index contributed by atoms with van der Waals surface area (Å²) in [6.45, 7) is -0.314. The van der Waals surface area contributed by atoms with Gasteiger partial charge in [0.2, 0.25) is 6.79 Å². The van der Waals surface area contributed by atoms with E-state index >= 15 is 0 Å².